The van der Waals surface area contributed by atoms with Gasteiger partial charge in [0.2, 0.25) is 5.91 Å². The van der Waals surface area contributed by atoms with Crippen LogP contribution in [0.5, 0.6) is 5.75 Å². The average Bonchev–Trinajstić information content (AvgIpc) is 3.32. The molecule has 1 aliphatic rings. The van der Waals surface area contributed by atoms with Crippen LogP contribution in [0.3, 0.4) is 0 Å². The van der Waals surface area contributed by atoms with Crippen LogP contribution in [-0.4, -0.2) is 63.5 Å². The molecule has 0 unspecified atom stereocenters. The summed E-state index contributed by atoms with van der Waals surface area (Å²) in [4.78, 5) is 54.2. The van der Waals surface area contributed by atoms with E-state index < -0.39 is 41.6 Å². The third-order valence-electron chi connectivity index (χ3n) is 5.70. The van der Waals surface area contributed by atoms with Crippen LogP contribution in [-0.2, 0) is 9.53 Å². The second-order valence-electron chi connectivity index (χ2n) is 8.15. The number of halogens is 2. The lowest BCUT2D eigenvalue weighted by Gasteiger charge is -2.24. The third-order valence-corrected chi connectivity index (χ3v) is 5.92. The van der Waals surface area contributed by atoms with Crippen LogP contribution in [0.4, 0.5) is 25.5 Å². The van der Waals surface area contributed by atoms with Crippen LogP contribution in [0, 0.1) is 5.82 Å². The van der Waals surface area contributed by atoms with Crippen molar-refractivity contribution in [2.45, 2.75) is 18.6 Å². The summed E-state index contributed by atoms with van der Waals surface area (Å²) >= 11 is 5.82. The lowest BCUT2D eigenvalue weighted by molar-refractivity contribution is -0.119. The predicted octanol–water partition coefficient (Wildman–Crippen LogP) is 3.34. The van der Waals surface area contributed by atoms with Crippen LogP contribution < -0.4 is 20.9 Å². The Balaban J connectivity index is 1.51. The van der Waals surface area contributed by atoms with Gasteiger partial charge < -0.3 is 24.8 Å². The summed E-state index contributed by atoms with van der Waals surface area (Å²) in [6.07, 6.45) is 0.635. The minimum absolute atomic E-state index is 0.0677. The molecule has 3 N–H and O–H groups in total. The quantitative estimate of drug-likeness (QED) is 0.399. The molecule has 2 atom stereocenters. The zero-order valence-corrected chi connectivity index (χ0v) is 20.5. The molecule has 1 aromatic carbocycles. The molecule has 0 spiro atoms. The molecule has 1 aliphatic heterocycles. The summed E-state index contributed by atoms with van der Waals surface area (Å²) < 4.78 is 25.8. The Morgan fingerprint density at radius 1 is 1.16 bits per heavy atom. The van der Waals surface area contributed by atoms with Gasteiger partial charge in [-0.1, -0.05) is 11.6 Å². The summed E-state index contributed by atoms with van der Waals surface area (Å²) in [7, 11) is 1.46. The van der Waals surface area contributed by atoms with Gasteiger partial charge in [-0.25, -0.2) is 19.0 Å². The number of urea groups is 1. The van der Waals surface area contributed by atoms with Crippen molar-refractivity contribution in [1.82, 2.24) is 14.5 Å². The first-order valence-corrected chi connectivity index (χ1v) is 11.5. The number of nitrogens with one attached hydrogen (secondary N) is 2. The maximum absolute atomic E-state index is 15.0. The van der Waals surface area contributed by atoms with Crippen molar-refractivity contribution in [3.8, 4) is 11.4 Å². The first kappa shape index (κ1) is 26.6. The molecule has 0 aliphatic carbocycles. The molecule has 3 heterocycles. The molecule has 14 heteroatoms. The molecule has 3 amide bonds. The van der Waals surface area contributed by atoms with E-state index in [1.807, 2.05) is 0 Å². The fraction of sp³-hybridized carbons (Fsp3) is 0.208. The Morgan fingerprint density at radius 2 is 1.95 bits per heavy atom. The smallest absolute Gasteiger partial charge is 0.449 e. The molecule has 12 nitrogen and oxygen atoms in total. The number of ether oxygens (including phenoxy) is 2. The number of nitrogens with zero attached hydrogens (tertiary/aromatic N) is 3. The SMILES string of the molecule is CO[C@@H]1C[C@H](C(=O)Nc2ccc(-n3cc(OC(=O)O)ccc3=O)cc2F)N(C(=O)Nc2ccc(Cl)cn2)C1. The van der Waals surface area contributed by atoms with Gasteiger partial charge in [0.15, 0.2) is 5.75 Å². The van der Waals surface area contributed by atoms with Crippen molar-refractivity contribution < 1.29 is 33.4 Å². The lowest BCUT2D eigenvalue weighted by Crippen LogP contribution is -2.45. The Labute approximate surface area is 219 Å². The molecule has 3 aromatic rings. The lowest BCUT2D eigenvalue weighted by atomic mass is 10.1. The third kappa shape index (κ3) is 6.07. The number of carboxylic acid groups (broad SMARTS) is 1. The largest absolute Gasteiger partial charge is 0.511 e. The van der Waals surface area contributed by atoms with Crippen LogP contribution in [0.1, 0.15) is 6.42 Å². The average molecular weight is 546 g/mol. The van der Waals surface area contributed by atoms with Crippen LogP contribution in [0.25, 0.3) is 5.69 Å². The van der Waals surface area contributed by atoms with Gasteiger partial charge in [0.1, 0.15) is 17.7 Å². The second-order valence-corrected chi connectivity index (χ2v) is 8.58. The topological polar surface area (TPSA) is 152 Å². The molecule has 4 rings (SSSR count). The van der Waals surface area contributed by atoms with E-state index in [2.05, 4.69) is 20.4 Å². The number of likely N-dealkylation sites (tertiary alicyclic amines) is 1. The summed E-state index contributed by atoms with van der Waals surface area (Å²) in [5, 5.41) is 14.2. The Hall–Kier alpha value is -4.49. The minimum Gasteiger partial charge on any atom is -0.449 e. The van der Waals surface area contributed by atoms with Crippen LogP contribution >= 0.6 is 11.6 Å². The summed E-state index contributed by atoms with van der Waals surface area (Å²) in [5.74, 6) is -1.43. The monoisotopic (exact) mass is 545 g/mol. The standard InChI is InChI=1S/C24H21ClFN5O7/c1-37-16-9-19(31(12-16)23(34)29-20-6-2-13(25)10-27-20)22(33)28-18-5-3-14(8-17(18)26)30-11-15(38-24(35)36)4-7-21(30)32/h2-8,10-11,16,19H,9,12H2,1H3,(H,28,33)(H,35,36)(H,27,29,34)/t16-,19-/m1/s1. The van der Waals surface area contributed by atoms with Crippen LogP contribution in [0.15, 0.2) is 59.7 Å². The molecule has 0 saturated carbocycles. The zero-order valence-electron chi connectivity index (χ0n) is 19.8. The molecule has 0 bridgehead atoms. The molecule has 38 heavy (non-hydrogen) atoms. The van der Waals surface area contributed by atoms with E-state index in [1.54, 1.807) is 6.07 Å². The first-order chi connectivity index (χ1) is 18.1. The van der Waals surface area contributed by atoms with Gasteiger partial charge in [-0.05, 0) is 30.3 Å². The maximum Gasteiger partial charge on any atom is 0.511 e. The highest BCUT2D eigenvalue weighted by molar-refractivity contribution is 6.30. The number of methoxy groups -OCH3 is 1. The number of pyridine rings is 2. The fourth-order valence-electron chi connectivity index (χ4n) is 3.87. The number of carbonyl (C=O) groups excluding carboxylic acids is 2. The van der Waals surface area contributed by atoms with Gasteiger partial charge >= 0.3 is 12.2 Å². The van der Waals surface area contributed by atoms with Crippen molar-refractivity contribution in [2.75, 3.05) is 24.3 Å². The number of hydrogen-bond donors (Lipinski definition) is 3. The van der Waals surface area contributed by atoms with Gasteiger partial charge in [-0.3, -0.25) is 19.5 Å². The van der Waals surface area contributed by atoms with Crippen molar-refractivity contribution >= 4 is 41.2 Å². The molecule has 2 aromatic heterocycles. The Bertz CT molecular complexity index is 1430. The van der Waals surface area contributed by atoms with Gasteiger partial charge in [0, 0.05) is 38.4 Å². The molecular weight excluding hydrogens is 525 g/mol. The molecule has 198 valence electrons. The molecule has 1 fully saturated rings. The van der Waals surface area contributed by atoms with Gasteiger partial charge in [0.05, 0.1) is 28.7 Å². The highest BCUT2D eigenvalue weighted by Gasteiger charge is 2.40. The van der Waals surface area contributed by atoms with Crippen molar-refractivity contribution in [2.24, 2.45) is 0 Å². The van der Waals surface area contributed by atoms with E-state index in [0.717, 1.165) is 29.0 Å². The van der Waals surface area contributed by atoms with E-state index in [0.29, 0.717) is 5.02 Å². The highest BCUT2D eigenvalue weighted by atomic mass is 35.5. The maximum atomic E-state index is 15.0. The Morgan fingerprint density at radius 3 is 2.61 bits per heavy atom. The van der Waals surface area contributed by atoms with Gasteiger partial charge in [-0.2, -0.15) is 0 Å². The zero-order chi connectivity index (χ0) is 27.4. The van der Waals surface area contributed by atoms with E-state index in [1.165, 1.54) is 36.4 Å². The van der Waals surface area contributed by atoms with E-state index >= 15 is 0 Å². The number of rotatable bonds is 6. The summed E-state index contributed by atoms with van der Waals surface area (Å²) in [6, 6.07) is 7.30. The number of hydrogen-bond acceptors (Lipinski definition) is 7. The molecule has 1 saturated heterocycles. The van der Waals surface area contributed by atoms with Crippen molar-refractivity contribution in [3.05, 3.63) is 76.1 Å². The van der Waals surface area contributed by atoms with E-state index in [9.17, 15) is 23.6 Å². The van der Waals surface area contributed by atoms with Gasteiger partial charge in [0.25, 0.3) is 5.56 Å². The van der Waals surface area contributed by atoms with Crippen LogP contribution in [0.2, 0.25) is 5.02 Å². The number of aromatic nitrogens is 2. The Kier molecular flexibility index (Phi) is 7.88. The fourth-order valence-corrected chi connectivity index (χ4v) is 3.99. The van der Waals surface area contributed by atoms with Crippen molar-refractivity contribution in [3.63, 3.8) is 0 Å². The number of amides is 3. The molecular formula is C24H21ClFN5O7. The highest BCUT2D eigenvalue weighted by Crippen LogP contribution is 2.25. The minimum atomic E-state index is -1.57. The second kappa shape index (κ2) is 11.3. The van der Waals surface area contributed by atoms with E-state index in [4.69, 9.17) is 21.4 Å². The summed E-state index contributed by atoms with van der Waals surface area (Å²) in [6.45, 7) is 0.118. The number of carbonyl (C=O) groups is 3. The first-order valence-electron chi connectivity index (χ1n) is 11.1. The summed E-state index contributed by atoms with van der Waals surface area (Å²) in [5.41, 5.74) is -0.684. The number of anilines is 2. The van der Waals surface area contributed by atoms with E-state index in [-0.39, 0.29) is 35.9 Å². The van der Waals surface area contributed by atoms with Gasteiger partial charge in [-0.15, -0.1) is 0 Å². The normalized spacial score (nSPS) is 16.7. The molecule has 0 radical (unpaired) electrons. The van der Waals surface area contributed by atoms with Crippen molar-refractivity contribution in [1.29, 1.82) is 0 Å². The number of benzene rings is 1. The predicted molar refractivity (Wildman–Crippen MR) is 133 cm³/mol.